The molecular weight excluding hydrogens is 224 g/mol. The van der Waals surface area contributed by atoms with E-state index in [1.165, 1.54) is 0 Å². The number of amidine groups is 1. The van der Waals surface area contributed by atoms with Gasteiger partial charge in [0.1, 0.15) is 11.5 Å². The number of hydrogen-bond donors (Lipinski definition) is 1. The maximum absolute atomic E-state index is 11.9. The average Bonchev–Trinajstić information content (AvgIpc) is 2.63. The van der Waals surface area contributed by atoms with E-state index in [0.29, 0.717) is 5.70 Å². The Balaban J connectivity index is 2.38. The van der Waals surface area contributed by atoms with Crippen molar-refractivity contribution in [2.75, 3.05) is 0 Å². The first-order valence-corrected chi connectivity index (χ1v) is 6.06. The molecule has 0 bridgehead atoms. The molecule has 0 aliphatic carbocycles. The van der Waals surface area contributed by atoms with Gasteiger partial charge in [0.25, 0.3) is 5.91 Å². The molecule has 1 aliphatic heterocycles. The zero-order chi connectivity index (χ0) is 13.3. The second-order valence-electron chi connectivity index (χ2n) is 5.55. The van der Waals surface area contributed by atoms with Crippen LogP contribution in [0.3, 0.4) is 0 Å². The van der Waals surface area contributed by atoms with Crippen LogP contribution < -0.4 is 5.32 Å². The van der Waals surface area contributed by atoms with Crippen LogP contribution in [-0.2, 0) is 4.79 Å². The smallest absolute Gasteiger partial charge is 0.275 e. The number of carbonyl (C=O) groups is 1. The Kier molecular flexibility index (Phi) is 3.07. The van der Waals surface area contributed by atoms with Gasteiger partial charge in [-0.3, -0.25) is 4.79 Å². The van der Waals surface area contributed by atoms with Gasteiger partial charge in [0.2, 0.25) is 0 Å². The van der Waals surface area contributed by atoms with Crippen LogP contribution in [0, 0.1) is 12.3 Å². The van der Waals surface area contributed by atoms with Gasteiger partial charge < -0.3 is 5.32 Å². The number of amides is 1. The number of nitrogens with one attached hydrogen (secondary N) is 1. The standard InChI is InChI=1S/C15H18N2O/c1-10-7-5-6-8-11(10)9-12-13(18)17-14(16-12)15(2,3)4/h5-9H,1-4H3,(H,16,17,18)/b12-9-. The first kappa shape index (κ1) is 12.6. The minimum Gasteiger partial charge on any atom is -0.308 e. The molecule has 0 atom stereocenters. The van der Waals surface area contributed by atoms with E-state index in [1.807, 2.05) is 58.0 Å². The lowest BCUT2D eigenvalue weighted by Crippen LogP contribution is -2.34. The van der Waals surface area contributed by atoms with E-state index in [2.05, 4.69) is 10.3 Å². The van der Waals surface area contributed by atoms with Crippen LogP contribution in [0.2, 0.25) is 0 Å². The molecule has 1 aromatic rings. The predicted molar refractivity (Wildman–Crippen MR) is 74.2 cm³/mol. The van der Waals surface area contributed by atoms with Gasteiger partial charge in [0.05, 0.1) is 0 Å². The Hall–Kier alpha value is -1.90. The fraction of sp³-hybridized carbons (Fsp3) is 0.333. The molecule has 0 saturated carbocycles. The molecule has 3 nitrogen and oxygen atoms in total. The van der Waals surface area contributed by atoms with E-state index in [4.69, 9.17) is 0 Å². The summed E-state index contributed by atoms with van der Waals surface area (Å²) in [6.45, 7) is 8.11. The van der Waals surface area contributed by atoms with E-state index < -0.39 is 0 Å². The topological polar surface area (TPSA) is 41.5 Å². The molecule has 0 fully saturated rings. The number of hydrogen-bond acceptors (Lipinski definition) is 2. The normalized spacial score (nSPS) is 17.9. The van der Waals surface area contributed by atoms with Gasteiger partial charge in [-0.25, -0.2) is 4.99 Å². The highest BCUT2D eigenvalue weighted by Gasteiger charge is 2.28. The van der Waals surface area contributed by atoms with Gasteiger partial charge in [-0.1, -0.05) is 45.0 Å². The number of aliphatic imine (C=N–C) groups is 1. The molecule has 3 heteroatoms. The molecular formula is C15H18N2O. The average molecular weight is 242 g/mol. The van der Waals surface area contributed by atoms with Crippen LogP contribution in [0.25, 0.3) is 6.08 Å². The summed E-state index contributed by atoms with van der Waals surface area (Å²) in [5.74, 6) is 0.607. The lowest BCUT2D eigenvalue weighted by Gasteiger charge is -2.16. The summed E-state index contributed by atoms with van der Waals surface area (Å²) >= 11 is 0. The molecule has 0 radical (unpaired) electrons. The van der Waals surface area contributed by atoms with Crippen LogP contribution in [0.5, 0.6) is 0 Å². The van der Waals surface area contributed by atoms with Crippen LogP contribution in [0.4, 0.5) is 0 Å². The molecule has 0 unspecified atom stereocenters. The molecule has 18 heavy (non-hydrogen) atoms. The Labute approximate surface area is 108 Å². The highest BCUT2D eigenvalue weighted by Crippen LogP contribution is 2.22. The highest BCUT2D eigenvalue weighted by molar-refractivity contribution is 6.15. The van der Waals surface area contributed by atoms with Gasteiger partial charge in [0, 0.05) is 5.41 Å². The number of rotatable bonds is 1. The van der Waals surface area contributed by atoms with E-state index >= 15 is 0 Å². The van der Waals surface area contributed by atoms with E-state index in [0.717, 1.165) is 17.0 Å². The number of carbonyl (C=O) groups excluding carboxylic acids is 1. The van der Waals surface area contributed by atoms with E-state index in [1.54, 1.807) is 0 Å². The molecule has 1 amide bonds. The first-order valence-electron chi connectivity index (χ1n) is 6.06. The third kappa shape index (κ3) is 2.50. The highest BCUT2D eigenvalue weighted by atomic mass is 16.2. The molecule has 1 aromatic carbocycles. The van der Waals surface area contributed by atoms with Gasteiger partial charge in [-0.15, -0.1) is 0 Å². The minimum absolute atomic E-state index is 0.122. The molecule has 94 valence electrons. The zero-order valence-electron chi connectivity index (χ0n) is 11.2. The summed E-state index contributed by atoms with van der Waals surface area (Å²) in [5.41, 5.74) is 2.50. The van der Waals surface area contributed by atoms with Crippen molar-refractivity contribution in [1.82, 2.24) is 5.32 Å². The fourth-order valence-corrected chi connectivity index (χ4v) is 1.72. The third-order valence-electron chi connectivity index (χ3n) is 2.89. The second kappa shape index (κ2) is 4.41. The summed E-state index contributed by atoms with van der Waals surface area (Å²) < 4.78 is 0. The Morgan fingerprint density at radius 3 is 2.44 bits per heavy atom. The number of benzene rings is 1. The van der Waals surface area contributed by atoms with Crippen molar-refractivity contribution in [3.63, 3.8) is 0 Å². The van der Waals surface area contributed by atoms with Crippen LogP contribution >= 0.6 is 0 Å². The molecule has 2 rings (SSSR count). The molecule has 0 saturated heterocycles. The summed E-state index contributed by atoms with van der Waals surface area (Å²) in [4.78, 5) is 16.2. The van der Waals surface area contributed by atoms with Gasteiger partial charge >= 0.3 is 0 Å². The quantitative estimate of drug-likeness (QED) is 0.756. The second-order valence-corrected chi connectivity index (χ2v) is 5.55. The van der Waals surface area contributed by atoms with Gasteiger partial charge in [0.15, 0.2) is 0 Å². The van der Waals surface area contributed by atoms with Crippen molar-refractivity contribution in [1.29, 1.82) is 0 Å². The lowest BCUT2D eigenvalue weighted by molar-refractivity contribution is -0.115. The number of aryl methyl sites for hydroxylation is 1. The maximum atomic E-state index is 11.9. The van der Waals surface area contributed by atoms with E-state index in [-0.39, 0.29) is 11.3 Å². The van der Waals surface area contributed by atoms with Crippen molar-refractivity contribution in [3.05, 3.63) is 41.1 Å². The SMILES string of the molecule is Cc1ccccc1/C=C1\N=C(C(C)(C)C)NC1=O. The van der Waals surface area contributed by atoms with Crippen LogP contribution in [0.1, 0.15) is 31.9 Å². The monoisotopic (exact) mass is 242 g/mol. The van der Waals surface area contributed by atoms with Gasteiger partial charge in [-0.05, 0) is 24.1 Å². The predicted octanol–water partition coefficient (Wildman–Crippen LogP) is 2.91. The van der Waals surface area contributed by atoms with Crippen molar-refractivity contribution in [2.45, 2.75) is 27.7 Å². The van der Waals surface area contributed by atoms with Gasteiger partial charge in [-0.2, -0.15) is 0 Å². The molecule has 1 heterocycles. The first-order chi connectivity index (χ1) is 8.38. The van der Waals surface area contributed by atoms with Crippen molar-refractivity contribution >= 4 is 17.8 Å². The lowest BCUT2D eigenvalue weighted by atomic mass is 9.95. The zero-order valence-corrected chi connectivity index (χ0v) is 11.2. The fourth-order valence-electron chi connectivity index (χ4n) is 1.72. The minimum atomic E-state index is -0.142. The van der Waals surface area contributed by atoms with Crippen molar-refractivity contribution < 1.29 is 4.79 Å². The Morgan fingerprint density at radius 2 is 1.89 bits per heavy atom. The Morgan fingerprint density at radius 1 is 1.22 bits per heavy atom. The Bertz CT molecular complexity index is 548. The largest absolute Gasteiger partial charge is 0.308 e. The summed E-state index contributed by atoms with van der Waals surface area (Å²) in [7, 11) is 0. The third-order valence-corrected chi connectivity index (χ3v) is 2.89. The van der Waals surface area contributed by atoms with E-state index in [9.17, 15) is 4.79 Å². The summed E-state index contributed by atoms with van der Waals surface area (Å²) in [6, 6.07) is 7.95. The summed E-state index contributed by atoms with van der Waals surface area (Å²) in [6.07, 6.45) is 1.84. The molecule has 0 spiro atoms. The summed E-state index contributed by atoms with van der Waals surface area (Å²) in [5, 5.41) is 2.83. The van der Waals surface area contributed by atoms with Crippen molar-refractivity contribution in [3.8, 4) is 0 Å². The molecule has 1 N–H and O–H groups in total. The number of nitrogens with zero attached hydrogens (tertiary/aromatic N) is 1. The molecule has 0 aromatic heterocycles. The molecule has 1 aliphatic rings. The maximum Gasteiger partial charge on any atom is 0.275 e. The van der Waals surface area contributed by atoms with Crippen LogP contribution in [0.15, 0.2) is 35.0 Å². The van der Waals surface area contributed by atoms with Crippen LogP contribution in [-0.4, -0.2) is 11.7 Å². The van der Waals surface area contributed by atoms with Crippen molar-refractivity contribution in [2.24, 2.45) is 10.4 Å².